The summed E-state index contributed by atoms with van der Waals surface area (Å²) in [7, 11) is 0. The molecule has 2 rings (SSSR count). The Morgan fingerprint density at radius 2 is 2.14 bits per heavy atom. The van der Waals surface area contributed by atoms with Crippen LogP contribution in [0.3, 0.4) is 0 Å². The molecule has 1 aromatic rings. The van der Waals surface area contributed by atoms with Crippen LogP contribution in [0.1, 0.15) is 24.0 Å². The minimum Gasteiger partial charge on any atom is -0.390 e. The summed E-state index contributed by atoms with van der Waals surface area (Å²) in [5.41, 5.74) is 1.77. The van der Waals surface area contributed by atoms with Crippen LogP contribution in [0.15, 0.2) is 16.6 Å². The lowest BCUT2D eigenvalue weighted by molar-refractivity contribution is 0.151. The van der Waals surface area contributed by atoms with E-state index in [2.05, 4.69) is 15.9 Å². The number of aliphatic hydroxyl groups is 1. The van der Waals surface area contributed by atoms with Gasteiger partial charge >= 0.3 is 0 Å². The van der Waals surface area contributed by atoms with Crippen molar-refractivity contribution in [2.75, 3.05) is 0 Å². The highest BCUT2D eigenvalue weighted by atomic mass is 79.9. The molecule has 0 radical (unpaired) electrons. The van der Waals surface area contributed by atoms with Crippen LogP contribution in [0.4, 0.5) is 0 Å². The average Bonchev–Trinajstić information content (AvgIpc) is 2.79. The minimum absolute atomic E-state index is 0.450. The molecular formula is C11H12BrClO. The highest BCUT2D eigenvalue weighted by molar-refractivity contribution is 9.10. The molecule has 76 valence electrons. The first-order valence-electron chi connectivity index (χ1n) is 4.67. The Morgan fingerprint density at radius 3 is 2.71 bits per heavy atom. The van der Waals surface area contributed by atoms with Crippen LogP contribution >= 0.6 is 27.5 Å². The molecule has 1 aromatic carbocycles. The molecule has 1 aliphatic rings. The van der Waals surface area contributed by atoms with Gasteiger partial charge in [0.05, 0.1) is 5.60 Å². The summed E-state index contributed by atoms with van der Waals surface area (Å²) in [6.45, 7) is 2.00. The fourth-order valence-corrected chi connectivity index (χ4v) is 2.43. The lowest BCUT2D eigenvalue weighted by Gasteiger charge is -2.12. The Labute approximate surface area is 97.2 Å². The van der Waals surface area contributed by atoms with E-state index in [0.29, 0.717) is 0 Å². The predicted octanol–water partition coefficient (Wildman–Crippen LogP) is 3.48. The Kier molecular flexibility index (Phi) is 2.63. The molecule has 0 aliphatic heterocycles. The summed E-state index contributed by atoms with van der Waals surface area (Å²) in [4.78, 5) is 0. The molecule has 1 nitrogen and oxygen atoms in total. The first kappa shape index (κ1) is 10.5. The zero-order valence-corrected chi connectivity index (χ0v) is 10.3. The maximum absolute atomic E-state index is 9.83. The van der Waals surface area contributed by atoms with Gasteiger partial charge in [-0.2, -0.15) is 0 Å². The third-order valence-electron chi connectivity index (χ3n) is 2.76. The molecule has 1 aliphatic carbocycles. The summed E-state index contributed by atoms with van der Waals surface area (Å²) in [5.74, 6) is 0. The van der Waals surface area contributed by atoms with Gasteiger partial charge in [-0.25, -0.2) is 0 Å². The van der Waals surface area contributed by atoms with Gasteiger partial charge < -0.3 is 5.11 Å². The lowest BCUT2D eigenvalue weighted by Crippen LogP contribution is -2.11. The van der Waals surface area contributed by atoms with Crippen LogP contribution in [-0.4, -0.2) is 10.7 Å². The molecule has 3 heteroatoms. The van der Waals surface area contributed by atoms with Crippen molar-refractivity contribution >= 4 is 27.5 Å². The van der Waals surface area contributed by atoms with Crippen molar-refractivity contribution in [3.05, 3.63) is 32.8 Å². The van der Waals surface area contributed by atoms with E-state index in [1.807, 2.05) is 19.1 Å². The molecule has 0 saturated heterocycles. The molecule has 0 spiro atoms. The van der Waals surface area contributed by atoms with Gasteiger partial charge in [0.1, 0.15) is 0 Å². The van der Waals surface area contributed by atoms with Crippen LogP contribution in [0, 0.1) is 6.92 Å². The molecule has 0 heterocycles. The molecule has 0 amide bonds. The van der Waals surface area contributed by atoms with Gasteiger partial charge in [-0.15, -0.1) is 0 Å². The molecule has 0 aromatic heterocycles. The summed E-state index contributed by atoms with van der Waals surface area (Å²) >= 11 is 9.47. The molecule has 1 fully saturated rings. The van der Waals surface area contributed by atoms with E-state index in [-0.39, 0.29) is 0 Å². The zero-order chi connectivity index (χ0) is 10.3. The fraction of sp³-hybridized carbons (Fsp3) is 0.455. The second-order valence-corrected chi connectivity index (χ2v) is 5.40. The van der Waals surface area contributed by atoms with Crippen molar-refractivity contribution in [2.24, 2.45) is 0 Å². The van der Waals surface area contributed by atoms with E-state index in [1.165, 1.54) is 0 Å². The van der Waals surface area contributed by atoms with E-state index in [0.717, 1.165) is 39.9 Å². The van der Waals surface area contributed by atoms with Gasteiger partial charge in [-0.05, 0) is 43.0 Å². The third-order valence-corrected chi connectivity index (χ3v) is 3.61. The number of hydrogen-bond donors (Lipinski definition) is 1. The molecule has 1 N–H and O–H groups in total. The number of benzene rings is 1. The molecule has 0 unspecified atom stereocenters. The normalized spacial score (nSPS) is 18.3. The van der Waals surface area contributed by atoms with Crippen molar-refractivity contribution < 1.29 is 5.11 Å². The third kappa shape index (κ3) is 2.13. The van der Waals surface area contributed by atoms with E-state index in [1.54, 1.807) is 0 Å². The summed E-state index contributed by atoms with van der Waals surface area (Å²) < 4.78 is 0.979. The van der Waals surface area contributed by atoms with Gasteiger partial charge in [-0.3, -0.25) is 0 Å². The minimum atomic E-state index is -0.450. The molecule has 0 bridgehead atoms. The van der Waals surface area contributed by atoms with Crippen molar-refractivity contribution in [1.29, 1.82) is 0 Å². The van der Waals surface area contributed by atoms with Crippen LogP contribution < -0.4 is 0 Å². The first-order valence-corrected chi connectivity index (χ1v) is 5.84. The van der Waals surface area contributed by atoms with Crippen LogP contribution in [-0.2, 0) is 6.42 Å². The van der Waals surface area contributed by atoms with Crippen LogP contribution in [0.25, 0.3) is 0 Å². The fourth-order valence-electron chi connectivity index (χ4n) is 1.56. The molecule has 0 atom stereocenters. The quantitative estimate of drug-likeness (QED) is 0.876. The van der Waals surface area contributed by atoms with Crippen LogP contribution in [0.5, 0.6) is 0 Å². The Bertz CT molecular complexity index is 372. The predicted molar refractivity (Wildman–Crippen MR) is 61.8 cm³/mol. The number of halogens is 2. The van der Waals surface area contributed by atoms with Crippen molar-refractivity contribution in [3.8, 4) is 0 Å². The van der Waals surface area contributed by atoms with Gasteiger partial charge in [-0.1, -0.05) is 27.5 Å². The monoisotopic (exact) mass is 274 g/mol. The van der Waals surface area contributed by atoms with E-state index in [9.17, 15) is 5.11 Å². The van der Waals surface area contributed by atoms with E-state index in [4.69, 9.17) is 11.6 Å². The van der Waals surface area contributed by atoms with Crippen LogP contribution in [0.2, 0.25) is 5.02 Å². The Balaban J connectivity index is 2.32. The van der Waals surface area contributed by atoms with Crippen molar-refractivity contribution in [3.63, 3.8) is 0 Å². The highest BCUT2D eigenvalue weighted by Gasteiger charge is 2.40. The standard InChI is InChI=1S/C11H12BrClO/c1-7-8(6-11(14)2-3-11)4-9(12)5-10(7)13/h4-5,14H,2-3,6H2,1H3. The SMILES string of the molecule is Cc1c(Cl)cc(Br)cc1CC1(O)CC1. The van der Waals surface area contributed by atoms with Gasteiger partial charge in [0, 0.05) is 15.9 Å². The van der Waals surface area contributed by atoms with E-state index < -0.39 is 5.60 Å². The summed E-state index contributed by atoms with van der Waals surface area (Å²) in [6, 6.07) is 3.93. The van der Waals surface area contributed by atoms with Gasteiger partial charge in [0.25, 0.3) is 0 Å². The van der Waals surface area contributed by atoms with Crippen molar-refractivity contribution in [1.82, 2.24) is 0 Å². The van der Waals surface area contributed by atoms with Gasteiger partial charge in [0.2, 0.25) is 0 Å². The molecule has 14 heavy (non-hydrogen) atoms. The lowest BCUT2D eigenvalue weighted by atomic mass is 10.0. The average molecular weight is 276 g/mol. The molecular weight excluding hydrogens is 263 g/mol. The number of hydrogen-bond acceptors (Lipinski definition) is 1. The second kappa shape index (κ2) is 3.51. The Morgan fingerprint density at radius 1 is 1.50 bits per heavy atom. The summed E-state index contributed by atoms with van der Waals surface area (Å²) in [6.07, 6.45) is 2.55. The number of rotatable bonds is 2. The topological polar surface area (TPSA) is 20.2 Å². The van der Waals surface area contributed by atoms with E-state index >= 15 is 0 Å². The Hall–Kier alpha value is -0.0500. The van der Waals surface area contributed by atoms with Gasteiger partial charge in [0.15, 0.2) is 0 Å². The smallest absolute Gasteiger partial charge is 0.0690 e. The maximum Gasteiger partial charge on any atom is 0.0690 e. The summed E-state index contributed by atoms with van der Waals surface area (Å²) in [5, 5.41) is 10.6. The first-order chi connectivity index (χ1) is 6.50. The second-order valence-electron chi connectivity index (χ2n) is 4.07. The molecule has 1 saturated carbocycles. The van der Waals surface area contributed by atoms with Crippen molar-refractivity contribution in [2.45, 2.75) is 31.8 Å². The largest absolute Gasteiger partial charge is 0.390 e. The highest BCUT2D eigenvalue weighted by Crippen LogP contribution is 2.40. The maximum atomic E-state index is 9.83. The zero-order valence-electron chi connectivity index (χ0n) is 7.98.